The molecule has 3 nitrogen and oxygen atoms in total. The van der Waals surface area contributed by atoms with Crippen LogP contribution in [0.3, 0.4) is 0 Å². The van der Waals surface area contributed by atoms with Crippen LogP contribution in [0.4, 0.5) is 0 Å². The summed E-state index contributed by atoms with van der Waals surface area (Å²) in [5.41, 5.74) is 0. The van der Waals surface area contributed by atoms with Crippen molar-refractivity contribution in [3.63, 3.8) is 0 Å². The van der Waals surface area contributed by atoms with Gasteiger partial charge in [-0.25, -0.2) is 0 Å². The van der Waals surface area contributed by atoms with Crippen LogP contribution in [0.2, 0.25) is 0 Å². The summed E-state index contributed by atoms with van der Waals surface area (Å²) in [4.78, 5) is 8.84. The quantitative estimate of drug-likeness (QED) is 0.452. The lowest BCUT2D eigenvalue weighted by atomic mass is 10.3. The van der Waals surface area contributed by atoms with Crippen LogP contribution >= 0.6 is 0 Å². The molecule has 0 aliphatic carbocycles. The van der Waals surface area contributed by atoms with E-state index in [4.69, 9.17) is 0 Å². The smallest absolute Gasteiger partial charge is 0.199 e. The van der Waals surface area contributed by atoms with Crippen molar-refractivity contribution in [1.82, 2.24) is 9.80 Å². The second kappa shape index (κ2) is 1.62. The fourth-order valence-electron chi connectivity index (χ4n) is 1.38. The normalized spacial score (nSPS) is 24.8. The van der Waals surface area contributed by atoms with Gasteiger partial charge >= 0.3 is 0 Å². The molecule has 0 aromatic heterocycles. The van der Waals surface area contributed by atoms with Crippen LogP contribution in [0, 0.1) is 0 Å². The van der Waals surface area contributed by atoms with E-state index in [1.54, 1.807) is 0 Å². The van der Waals surface area contributed by atoms with E-state index in [1.165, 1.54) is 18.9 Å². The summed E-state index contributed by atoms with van der Waals surface area (Å²) in [6, 6.07) is 0. The summed E-state index contributed by atoms with van der Waals surface area (Å²) in [5, 5.41) is 0. The highest BCUT2D eigenvalue weighted by Gasteiger charge is 2.28. The molecule has 2 aliphatic heterocycles. The molecule has 0 bridgehead atoms. The first kappa shape index (κ1) is 5.09. The minimum Gasteiger partial charge on any atom is -0.328 e. The lowest BCUT2D eigenvalue weighted by Crippen LogP contribution is -2.60. The topological polar surface area (TPSA) is 18.8 Å². The van der Waals surface area contributed by atoms with Gasteiger partial charge in [-0.3, -0.25) is 4.99 Å². The fourth-order valence-corrected chi connectivity index (χ4v) is 1.38. The first-order valence-electron chi connectivity index (χ1n) is 3.38. The fraction of sp³-hybridized carbons (Fsp3) is 0.833. The van der Waals surface area contributed by atoms with Crippen molar-refractivity contribution in [3.8, 4) is 0 Å². The van der Waals surface area contributed by atoms with Crippen molar-refractivity contribution < 1.29 is 0 Å². The maximum Gasteiger partial charge on any atom is 0.199 e. The molecular weight excluding hydrogens is 114 g/mol. The van der Waals surface area contributed by atoms with E-state index in [0.717, 1.165) is 13.2 Å². The molecule has 9 heavy (non-hydrogen) atoms. The third-order valence-electron chi connectivity index (χ3n) is 1.85. The summed E-state index contributed by atoms with van der Waals surface area (Å²) in [5.74, 6) is 1.20. The van der Waals surface area contributed by atoms with Crippen molar-refractivity contribution in [2.45, 2.75) is 6.42 Å². The van der Waals surface area contributed by atoms with E-state index in [0.29, 0.717) is 0 Å². The van der Waals surface area contributed by atoms with E-state index in [9.17, 15) is 0 Å². The van der Waals surface area contributed by atoms with Crippen LogP contribution < -0.4 is 0 Å². The highest BCUT2D eigenvalue weighted by molar-refractivity contribution is 5.84. The summed E-state index contributed by atoms with van der Waals surface area (Å²) >= 11 is 0. The molecular formula is C6H11N3. The summed E-state index contributed by atoms with van der Waals surface area (Å²) in [6.07, 6.45) is 1.23. The number of rotatable bonds is 0. The van der Waals surface area contributed by atoms with Crippen LogP contribution in [0.15, 0.2) is 4.99 Å². The molecule has 0 aromatic carbocycles. The SMILES string of the molecule is CN1CN2CCCN=C12. The van der Waals surface area contributed by atoms with Gasteiger partial charge in [0.15, 0.2) is 5.96 Å². The third kappa shape index (κ3) is 0.605. The number of fused-ring (bicyclic) bond motifs is 1. The van der Waals surface area contributed by atoms with Gasteiger partial charge < -0.3 is 9.80 Å². The summed E-state index contributed by atoms with van der Waals surface area (Å²) in [6.45, 7) is 3.32. The van der Waals surface area contributed by atoms with Gasteiger partial charge in [0.1, 0.15) is 0 Å². The first-order valence-corrected chi connectivity index (χ1v) is 3.38. The van der Waals surface area contributed by atoms with E-state index >= 15 is 0 Å². The number of hydrogen-bond acceptors (Lipinski definition) is 3. The summed E-state index contributed by atoms with van der Waals surface area (Å²) < 4.78 is 0. The van der Waals surface area contributed by atoms with Crippen molar-refractivity contribution >= 4 is 5.96 Å². The molecule has 0 saturated carbocycles. The Labute approximate surface area is 55.0 Å². The zero-order valence-corrected chi connectivity index (χ0v) is 5.67. The van der Waals surface area contributed by atoms with Crippen LogP contribution in [0.25, 0.3) is 0 Å². The van der Waals surface area contributed by atoms with E-state index in [-0.39, 0.29) is 0 Å². The largest absolute Gasteiger partial charge is 0.328 e. The molecule has 0 N–H and O–H groups in total. The Morgan fingerprint density at radius 3 is 3.00 bits per heavy atom. The Morgan fingerprint density at radius 2 is 2.44 bits per heavy atom. The highest BCUT2D eigenvalue weighted by Crippen LogP contribution is 2.14. The van der Waals surface area contributed by atoms with Gasteiger partial charge in [-0.15, -0.1) is 0 Å². The monoisotopic (exact) mass is 125 g/mol. The van der Waals surface area contributed by atoms with Gasteiger partial charge in [0.05, 0.1) is 6.67 Å². The molecule has 1 saturated heterocycles. The van der Waals surface area contributed by atoms with E-state index in [1.807, 2.05) is 0 Å². The predicted molar refractivity (Wildman–Crippen MR) is 36.3 cm³/mol. The number of aliphatic imine (C=N–C) groups is 1. The van der Waals surface area contributed by atoms with Crippen LogP contribution in [0.1, 0.15) is 6.42 Å². The molecule has 2 heterocycles. The highest BCUT2D eigenvalue weighted by atomic mass is 15.5. The zero-order valence-electron chi connectivity index (χ0n) is 5.67. The molecule has 0 unspecified atom stereocenters. The molecule has 0 atom stereocenters. The lowest BCUT2D eigenvalue weighted by molar-refractivity contribution is 0.170. The minimum atomic E-state index is 1.02. The Balaban J connectivity index is 2.13. The molecule has 0 aromatic rings. The lowest BCUT2D eigenvalue weighted by Gasteiger charge is -2.45. The van der Waals surface area contributed by atoms with Gasteiger partial charge in [-0.05, 0) is 6.42 Å². The van der Waals surface area contributed by atoms with Gasteiger partial charge in [0, 0.05) is 20.1 Å². The maximum absolute atomic E-state index is 4.35. The third-order valence-corrected chi connectivity index (χ3v) is 1.85. The average Bonchev–Trinajstić information content (AvgIpc) is 1.86. The van der Waals surface area contributed by atoms with Gasteiger partial charge in [-0.1, -0.05) is 0 Å². The van der Waals surface area contributed by atoms with E-state index < -0.39 is 0 Å². The van der Waals surface area contributed by atoms with Crippen molar-refractivity contribution in [3.05, 3.63) is 0 Å². The molecule has 0 amide bonds. The second-order valence-corrected chi connectivity index (χ2v) is 2.64. The summed E-state index contributed by atoms with van der Waals surface area (Å²) in [7, 11) is 2.08. The van der Waals surface area contributed by atoms with Crippen LogP contribution in [-0.4, -0.2) is 42.6 Å². The Morgan fingerprint density at radius 1 is 1.56 bits per heavy atom. The van der Waals surface area contributed by atoms with Gasteiger partial charge in [0.25, 0.3) is 0 Å². The Bertz CT molecular complexity index is 152. The van der Waals surface area contributed by atoms with Crippen molar-refractivity contribution in [1.29, 1.82) is 0 Å². The number of hydrogen-bond donors (Lipinski definition) is 0. The Kier molecular flexibility index (Phi) is 0.917. The zero-order chi connectivity index (χ0) is 6.27. The second-order valence-electron chi connectivity index (χ2n) is 2.64. The van der Waals surface area contributed by atoms with Gasteiger partial charge in [0.2, 0.25) is 0 Å². The van der Waals surface area contributed by atoms with Crippen molar-refractivity contribution in [2.24, 2.45) is 4.99 Å². The molecule has 50 valence electrons. The average molecular weight is 125 g/mol. The molecule has 2 rings (SSSR count). The molecule has 2 aliphatic rings. The number of guanidine groups is 1. The van der Waals surface area contributed by atoms with Crippen molar-refractivity contribution in [2.75, 3.05) is 26.8 Å². The molecule has 0 radical (unpaired) electrons. The predicted octanol–water partition coefficient (Wildman–Crippen LogP) is -0.0490. The standard InChI is InChI=1S/C6H11N3/c1-8-5-9-4-2-3-7-6(8)9/h2-5H2,1H3. The molecule has 3 heteroatoms. The van der Waals surface area contributed by atoms with Crippen LogP contribution in [-0.2, 0) is 0 Å². The maximum atomic E-state index is 4.35. The molecule has 0 spiro atoms. The van der Waals surface area contributed by atoms with E-state index in [2.05, 4.69) is 21.8 Å². The van der Waals surface area contributed by atoms with Crippen LogP contribution in [0.5, 0.6) is 0 Å². The Hall–Kier alpha value is -0.730. The minimum absolute atomic E-state index is 1.02. The first-order chi connectivity index (χ1) is 4.38. The number of nitrogens with zero attached hydrogens (tertiary/aromatic N) is 3. The molecule has 1 fully saturated rings. The van der Waals surface area contributed by atoms with Gasteiger partial charge in [-0.2, -0.15) is 0 Å².